The molecule has 2 N–H and O–H groups in total. The monoisotopic (exact) mass is 312 g/mol. The van der Waals surface area contributed by atoms with Gasteiger partial charge in [-0.05, 0) is 38.0 Å². The number of nitrogens with zero attached hydrogens (tertiary/aromatic N) is 1. The van der Waals surface area contributed by atoms with E-state index in [9.17, 15) is 0 Å². The number of benzene rings is 1. The molecule has 4 heteroatoms. The minimum Gasteiger partial charge on any atom is -0.329 e. The summed E-state index contributed by atoms with van der Waals surface area (Å²) < 4.78 is 0. The summed E-state index contributed by atoms with van der Waals surface area (Å²) in [5, 5.41) is 1.46. The fourth-order valence-electron chi connectivity index (χ4n) is 3.03. The van der Waals surface area contributed by atoms with E-state index in [1.165, 1.54) is 11.3 Å². The average molecular weight is 313 g/mol. The molecule has 20 heavy (non-hydrogen) atoms. The van der Waals surface area contributed by atoms with E-state index in [2.05, 4.69) is 49.6 Å². The first-order valence-electron chi connectivity index (χ1n) is 7.29. The number of hydrogen-bond acceptors (Lipinski definition) is 3. The summed E-state index contributed by atoms with van der Waals surface area (Å²) in [6.07, 6.45) is 0.975. The van der Waals surface area contributed by atoms with Crippen LogP contribution in [0, 0.1) is 0 Å². The highest BCUT2D eigenvalue weighted by atomic mass is 35.5. The Morgan fingerprint density at radius 3 is 2.60 bits per heavy atom. The highest BCUT2D eigenvalue weighted by molar-refractivity contribution is 8.00. The fourth-order valence-corrected chi connectivity index (χ4v) is 4.25. The molecule has 1 aromatic rings. The molecule has 3 atom stereocenters. The SMILES string of the molecule is CC1SCCN(C(C)(CN)Cc2ccc(Cl)cc2)C1C. The Balaban J connectivity index is 2.17. The molecule has 0 saturated carbocycles. The molecule has 112 valence electrons. The summed E-state index contributed by atoms with van der Waals surface area (Å²) >= 11 is 8.03. The van der Waals surface area contributed by atoms with Crippen molar-refractivity contribution >= 4 is 23.4 Å². The van der Waals surface area contributed by atoms with Crippen LogP contribution in [-0.2, 0) is 6.42 Å². The summed E-state index contributed by atoms with van der Waals surface area (Å²) in [6, 6.07) is 8.72. The van der Waals surface area contributed by atoms with Gasteiger partial charge in [-0.15, -0.1) is 0 Å². The molecule has 1 aliphatic rings. The van der Waals surface area contributed by atoms with Gasteiger partial charge in [0.15, 0.2) is 0 Å². The summed E-state index contributed by atoms with van der Waals surface area (Å²) in [4.78, 5) is 2.60. The second-order valence-corrected chi connectivity index (χ2v) is 7.94. The Kier molecular flexibility index (Phi) is 5.41. The molecule has 1 fully saturated rings. The lowest BCUT2D eigenvalue weighted by molar-refractivity contribution is 0.0714. The van der Waals surface area contributed by atoms with Gasteiger partial charge >= 0.3 is 0 Å². The van der Waals surface area contributed by atoms with Crippen LogP contribution >= 0.6 is 23.4 Å². The van der Waals surface area contributed by atoms with Gasteiger partial charge in [0.2, 0.25) is 0 Å². The normalized spacial score (nSPS) is 27.2. The van der Waals surface area contributed by atoms with Gasteiger partial charge < -0.3 is 5.73 Å². The minimum atomic E-state index is 0.0164. The Labute approximate surface area is 132 Å². The molecule has 0 bridgehead atoms. The van der Waals surface area contributed by atoms with Crippen LogP contribution in [0.2, 0.25) is 5.02 Å². The lowest BCUT2D eigenvalue weighted by atomic mass is 9.89. The second kappa shape index (κ2) is 6.69. The van der Waals surface area contributed by atoms with E-state index in [-0.39, 0.29) is 5.54 Å². The third-order valence-electron chi connectivity index (χ3n) is 4.52. The van der Waals surface area contributed by atoms with Crippen LogP contribution < -0.4 is 5.73 Å². The number of nitrogens with two attached hydrogens (primary N) is 1. The van der Waals surface area contributed by atoms with Gasteiger partial charge in [-0.2, -0.15) is 11.8 Å². The molecule has 1 aliphatic heterocycles. The number of halogens is 1. The fraction of sp³-hybridized carbons (Fsp3) is 0.625. The van der Waals surface area contributed by atoms with Gasteiger partial charge in [-0.25, -0.2) is 0 Å². The van der Waals surface area contributed by atoms with Crippen molar-refractivity contribution in [1.82, 2.24) is 4.90 Å². The van der Waals surface area contributed by atoms with Gasteiger partial charge in [-0.1, -0.05) is 30.7 Å². The first-order chi connectivity index (χ1) is 9.46. The van der Waals surface area contributed by atoms with E-state index in [0.29, 0.717) is 17.8 Å². The smallest absolute Gasteiger partial charge is 0.0406 e. The molecule has 0 aromatic heterocycles. The number of rotatable bonds is 4. The molecule has 1 heterocycles. The molecular weight excluding hydrogens is 288 g/mol. The van der Waals surface area contributed by atoms with Crippen LogP contribution in [-0.4, -0.2) is 40.6 Å². The second-order valence-electron chi connectivity index (χ2n) is 6.01. The van der Waals surface area contributed by atoms with Crippen molar-refractivity contribution < 1.29 is 0 Å². The Hall–Kier alpha value is -0.220. The molecule has 0 amide bonds. The highest BCUT2D eigenvalue weighted by Gasteiger charge is 2.37. The molecule has 0 spiro atoms. The van der Waals surface area contributed by atoms with Crippen LogP contribution in [0.1, 0.15) is 26.3 Å². The van der Waals surface area contributed by atoms with Gasteiger partial charge in [-0.3, -0.25) is 4.90 Å². The quantitative estimate of drug-likeness (QED) is 0.923. The maximum Gasteiger partial charge on any atom is 0.0406 e. The van der Waals surface area contributed by atoms with Crippen LogP contribution in [0.25, 0.3) is 0 Å². The van der Waals surface area contributed by atoms with Crippen molar-refractivity contribution in [3.05, 3.63) is 34.9 Å². The molecule has 1 saturated heterocycles. The number of hydrogen-bond donors (Lipinski definition) is 1. The highest BCUT2D eigenvalue weighted by Crippen LogP contribution is 2.31. The van der Waals surface area contributed by atoms with E-state index >= 15 is 0 Å². The van der Waals surface area contributed by atoms with E-state index in [1.54, 1.807) is 0 Å². The third kappa shape index (κ3) is 3.51. The molecule has 0 aliphatic carbocycles. The van der Waals surface area contributed by atoms with E-state index < -0.39 is 0 Å². The summed E-state index contributed by atoms with van der Waals surface area (Å²) in [6.45, 7) is 8.74. The topological polar surface area (TPSA) is 29.3 Å². The average Bonchev–Trinajstić information content (AvgIpc) is 2.44. The number of thioether (sulfide) groups is 1. The molecule has 0 radical (unpaired) electrons. The lowest BCUT2D eigenvalue weighted by Crippen LogP contribution is -2.60. The van der Waals surface area contributed by atoms with Crippen molar-refractivity contribution in [2.75, 3.05) is 18.8 Å². The van der Waals surface area contributed by atoms with Crippen LogP contribution in [0.15, 0.2) is 24.3 Å². The van der Waals surface area contributed by atoms with E-state index in [1.807, 2.05) is 12.1 Å². The molecule has 1 aromatic carbocycles. The zero-order chi connectivity index (χ0) is 14.8. The summed E-state index contributed by atoms with van der Waals surface area (Å²) in [5.74, 6) is 1.20. The predicted molar refractivity (Wildman–Crippen MR) is 90.7 cm³/mol. The standard InChI is InChI=1S/C16H25ClN2S/c1-12-13(2)20-9-8-19(12)16(3,11-18)10-14-4-6-15(17)7-5-14/h4-7,12-13H,8-11,18H2,1-3H3. The zero-order valence-electron chi connectivity index (χ0n) is 12.6. The van der Waals surface area contributed by atoms with Crippen molar-refractivity contribution in [3.8, 4) is 0 Å². The molecule has 2 rings (SSSR count). The predicted octanol–water partition coefficient (Wildman–Crippen LogP) is 3.43. The van der Waals surface area contributed by atoms with Crippen molar-refractivity contribution in [3.63, 3.8) is 0 Å². The minimum absolute atomic E-state index is 0.0164. The summed E-state index contributed by atoms with van der Waals surface area (Å²) in [5.41, 5.74) is 7.47. The first-order valence-corrected chi connectivity index (χ1v) is 8.72. The lowest BCUT2D eigenvalue weighted by Gasteiger charge is -2.49. The Morgan fingerprint density at radius 1 is 1.35 bits per heavy atom. The van der Waals surface area contributed by atoms with Crippen molar-refractivity contribution in [2.45, 2.75) is 44.0 Å². The van der Waals surface area contributed by atoms with Crippen LogP contribution in [0.3, 0.4) is 0 Å². The van der Waals surface area contributed by atoms with Gasteiger partial charge in [0.25, 0.3) is 0 Å². The van der Waals surface area contributed by atoms with E-state index in [4.69, 9.17) is 17.3 Å². The maximum atomic E-state index is 6.15. The first kappa shape index (κ1) is 16.2. The van der Waals surface area contributed by atoms with Gasteiger partial charge in [0.1, 0.15) is 0 Å². The van der Waals surface area contributed by atoms with Crippen LogP contribution in [0.5, 0.6) is 0 Å². The zero-order valence-corrected chi connectivity index (χ0v) is 14.2. The molecule has 3 unspecified atom stereocenters. The Bertz CT molecular complexity index is 437. The summed E-state index contributed by atoms with van der Waals surface area (Å²) in [7, 11) is 0. The largest absolute Gasteiger partial charge is 0.329 e. The van der Waals surface area contributed by atoms with Gasteiger partial charge in [0, 0.05) is 40.7 Å². The Morgan fingerprint density at radius 2 is 2.00 bits per heavy atom. The van der Waals surface area contributed by atoms with Crippen LogP contribution in [0.4, 0.5) is 0 Å². The van der Waals surface area contributed by atoms with Crippen molar-refractivity contribution in [1.29, 1.82) is 0 Å². The molecule has 2 nitrogen and oxygen atoms in total. The molecular formula is C16H25ClN2S. The van der Waals surface area contributed by atoms with E-state index in [0.717, 1.165) is 18.0 Å². The maximum absolute atomic E-state index is 6.15. The third-order valence-corrected chi connectivity index (χ3v) is 6.11. The van der Waals surface area contributed by atoms with Gasteiger partial charge in [0.05, 0.1) is 0 Å². The van der Waals surface area contributed by atoms with Crippen molar-refractivity contribution in [2.24, 2.45) is 5.73 Å².